The molecule has 1 aliphatic heterocycles. The highest BCUT2D eigenvalue weighted by Gasteiger charge is 2.21. The molecule has 0 bridgehead atoms. The van der Waals surface area contributed by atoms with Crippen molar-refractivity contribution in [1.82, 2.24) is 10.3 Å². The lowest BCUT2D eigenvalue weighted by Crippen LogP contribution is -2.46. The fourth-order valence-corrected chi connectivity index (χ4v) is 3.01. The number of aromatic nitrogens is 1. The number of nitrogens with one attached hydrogen (secondary N) is 1. The quantitative estimate of drug-likeness (QED) is 0.917. The molecule has 0 aromatic carbocycles. The molecule has 3 heterocycles. The van der Waals surface area contributed by atoms with Gasteiger partial charge in [0, 0.05) is 37.8 Å². The van der Waals surface area contributed by atoms with E-state index in [0.717, 1.165) is 31.1 Å². The van der Waals surface area contributed by atoms with Crippen LogP contribution in [0.3, 0.4) is 0 Å². The highest BCUT2D eigenvalue weighted by molar-refractivity contribution is 5.38. The van der Waals surface area contributed by atoms with Gasteiger partial charge in [-0.1, -0.05) is 6.07 Å². The van der Waals surface area contributed by atoms with Crippen LogP contribution >= 0.6 is 0 Å². The Morgan fingerprint density at radius 3 is 2.81 bits per heavy atom. The molecule has 2 aromatic heterocycles. The largest absolute Gasteiger partial charge is 0.469 e. The number of hydrogen-bond donors (Lipinski definition) is 1. The summed E-state index contributed by atoms with van der Waals surface area (Å²) >= 11 is 0. The van der Waals surface area contributed by atoms with Gasteiger partial charge in [0.2, 0.25) is 0 Å². The molecule has 4 nitrogen and oxygen atoms in total. The van der Waals surface area contributed by atoms with Crippen LogP contribution in [0.4, 0.5) is 5.82 Å². The van der Waals surface area contributed by atoms with E-state index in [2.05, 4.69) is 34.3 Å². The summed E-state index contributed by atoms with van der Waals surface area (Å²) in [6, 6.07) is 11.1. The van der Waals surface area contributed by atoms with E-state index in [9.17, 15) is 0 Å². The Bertz CT molecular complexity index is 518. The van der Waals surface area contributed by atoms with Gasteiger partial charge in [-0.05, 0) is 44.0 Å². The zero-order valence-corrected chi connectivity index (χ0v) is 12.5. The van der Waals surface area contributed by atoms with Crippen LogP contribution in [0.15, 0.2) is 47.2 Å². The number of pyridine rings is 1. The summed E-state index contributed by atoms with van der Waals surface area (Å²) in [4.78, 5) is 6.80. The van der Waals surface area contributed by atoms with Crippen LogP contribution in [-0.2, 0) is 6.42 Å². The number of rotatable bonds is 5. The van der Waals surface area contributed by atoms with E-state index in [1.165, 1.54) is 12.8 Å². The fraction of sp³-hybridized carbons (Fsp3) is 0.471. The molecule has 1 fully saturated rings. The number of nitrogens with zero attached hydrogens (tertiary/aromatic N) is 2. The van der Waals surface area contributed by atoms with Crippen LogP contribution in [0.2, 0.25) is 0 Å². The monoisotopic (exact) mass is 285 g/mol. The van der Waals surface area contributed by atoms with Crippen LogP contribution in [0.5, 0.6) is 0 Å². The molecule has 0 aliphatic carbocycles. The topological polar surface area (TPSA) is 41.3 Å². The van der Waals surface area contributed by atoms with Crippen LogP contribution in [0, 0.1) is 0 Å². The van der Waals surface area contributed by atoms with Crippen LogP contribution in [-0.4, -0.2) is 30.2 Å². The molecular weight excluding hydrogens is 262 g/mol. The molecule has 2 aromatic rings. The van der Waals surface area contributed by atoms with Gasteiger partial charge in [-0.15, -0.1) is 0 Å². The van der Waals surface area contributed by atoms with Gasteiger partial charge >= 0.3 is 0 Å². The minimum atomic E-state index is 0.447. The van der Waals surface area contributed by atoms with Crippen LogP contribution in [0.25, 0.3) is 0 Å². The van der Waals surface area contributed by atoms with Gasteiger partial charge in [0.05, 0.1) is 6.26 Å². The van der Waals surface area contributed by atoms with E-state index in [4.69, 9.17) is 4.42 Å². The molecule has 3 rings (SSSR count). The van der Waals surface area contributed by atoms with Crippen molar-refractivity contribution in [1.29, 1.82) is 0 Å². The van der Waals surface area contributed by atoms with Crippen molar-refractivity contribution in [2.24, 2.45) is 0 Å². The first-order valence-corrected chi connectivity index (χ1v) is 7.75. The van der Waals surface area contributed by atoms with E-state index in [1.807, 2.05) is 24.4 Å². The Labute approximate surface area is 126 Å². The summed E-state index contributed by atoms with van der Waals surface area (Å²) in [5, 5.41) is 3.72. The predicted octanol–water partition coefficient (Wildman–Crippen LogP) is 2.86. The average molecular weight is 285 g/mol. The maximum Gasteiger partial charge on any atom is 0.128 e. The molecule has 1 saturated heterocycles. The minimum absolute atomic E-state index is 0.447. The molecule has 112 valence electrons. The third-order valence-electron chi connectivity index (χ3n) is 4.08. The molecule has 0 amide bonds. The Morgan fingerprint density at radius 1 is 1.29 bits per heavy atom. The maximum atomic E-state index is 5.41. The first-order valence-electron chi connectivity index (χ1n) is 7.75. The number of hydrogen-bond acceptors (Lipinski definition) is 4. The lowest BCUT2D eigenvalue weighted by molar-refractivity contribution is 0.361. The number of piperidine rings is 1. The van der Waals surface area contributed by atoms with Crippen molar-refractivity contribution >= 4 is 5.82 Å². The van der Waals surface area contributed by atoms with Gasteiger partial charge in [-0.3, -0.25) is 0 Å². The zero-order chi connectivity index (χ0) is 14.5. The SMILES string of the molecule is CC(Cc1ccco1)NC1CCN(c2ccccn2)CC1. The zero-order valence-electron chi connectivity index (χ0n) is 12.5. The average Bonchev–Trinajstić information content (AvgIpc) is 3.02. The molecular formula is C17H23N3O. The normalized spacial score (nSPS) is 17.9. The molecule has 1 atom stereocenters. The molecule has 1 unspecified atom stereocenters. The standard InChI is InChI=1S/C17H23N3O/c1-14(13-16-5-4-12-21-16)19-15-7-10-20(11-8-15)17-6-2-3-9-18-17/h2-6,9,12,14-15,19H,7-8,10-11,13H2,1H3. The third-order valence-corrected chi connectivity index (χ3v) is 4.08. The molecule has 4 heteroatoms. The summed E-state index contributed by atoms with van der Waals surface area (Å²) in [6.45, 7) is 4.37. The van der Waals surface area contributed by atoms with E-state index in [-0.39, 0.29) is 0 Å². The van der Waals surface area contributed by atoms with Crippen molar-refractivity contribution in [3.8, 4) is 0 Å². The van der Waals surface area contributed by atoms with Crippen molar-refractivity contribution in [3.63, 3.8) is 0 Å². The summed E-state index contributed by atoms with van der Waals surface area (Å²) in [7, 11) is 0. The third kappa shape index (κ3) is 3.85. The van der Waals surface area contributed by atoms with Crippen molar-refractivity contribution < 1.29 is 4.42 Å². The summed E-state index contributed by atoms with van der Waals surface area (Å²) < 4.78 is 5.41. The Kier molecular flexibility index (Phi) is 4.55. The highest BCUT2D eigenvalue weighted by atomic mass is 16.3. The van der Waals surface area contributed by atoms with Crippen molar-refractivity contribution in [2.45, 2.75) is 38.3 Å². The Morgan fingerprint density at radius 2 is 2.14 bits per heavy atom. The van der Waals surface area contributed by atoms with Gasteiger partial charge in [-0.2, -0.15) is 0 Å². The number of furan rings is 1. The lowest BCUT2D eigenvalue weighted by atomic mass is 10.0. The maximum absolute atomic E-state index is 5.41. The summed E-state index contributed by atoms with van der Waals surface area (Å²) in [6.07, 6.45) is 6.89. The predicted molar refractivity (Wildman–Crippen MR) is 84.5 cm³/mol. The molecule has 0 radical (unpaired) electrons. The highest BCUT2D eigenvalue weighted by Crippen LogP contribution is 2.18. The van der Waals surface area contributed by atoms with Crippen molar-refractivity contribution in [2.75, 3.05) is 18.0 Å². The second kappa shape index (κ2) is 6.76. The first kappa shape index (κ1) is 14.1. The molecule has 1 N–H and O–H groups in total. The number of anilines is 1. The second-order valence-corrected chi connectivity index (χ2v) is 5.80. The smallest absolute Gasteiger partial charge is 0.128 e. The minimum Gasteiger partial charge on any atom is -0.469 e. The lowest BCUT2D eigenvalue weighted by Gasteiger charge is -2.34. The van der Waals surface area contributed by atoms with E-state index in [0.29, 0.717) is 12.1 Å². The Hall–Kier alpha value is -1.81. The van der Waals surface area contributed by atoms with E-state index in [1.54, 1.807) is 6.26 Å². The van der Waals surface area contributed by atoms with Gasteiger partial charge in [-0.25, -0.2) is 4.98 Å². The van der Waals surface area contributed by atoms with E-state index < -0.39 is 0 Å². The molecule has 1 aliphatic rings. The van der Waals surface area contributed by atoms with Crippen LogP contribution < -0.4 is 10.2 Å². The fourth-order valence-electron chi connectivity index (χ4n) is 3.01. The molecule has 21 heavy (non-hydrogen) atoms. The van der Waals surface area contributed by atoms with E-state index >= 15 is 0 Å². The summed E-state index contributed by atoms with van der Waals surface area (Å²) in [5.74, 6) is 2.15. The van der Waals surface area contributed by atoms with Crippen molar-refractivity contribution in [3.05, 3.63) is 48.6 Å². The van der Waals surface area contributed by atoms with Gasteiger partial charge in [0.15, 0.2) is 0 Å². The van der Waals surface area contributed by atoms with Gasteiger partial charge < -0.3 is 14.6 Å². The Balaban J connectivity index is 1.45. The van der Waals surface area contributed by atoms with Gasteiger partial charge in [0.1, 0.15) is 11.6 Å². The summed E-state index contributed by atoms with van der Waals surface area (Å²) in [5.41, 5.74) is 0. The first-order chi connectivity index (χ1) is 10.3. The molecule has 0 spiro atoms. The molecule has 0 saturated carbocycles. The van der Waals surface area contributed by atoms with Crippen LogP contribution in [0.1, 0.15) is 25.5 Å². The van der Waals surface area contributed by atoms with Gasteiger partial charge in [0.25, 0.3) is 0 Å². The second-order valence-electron chi connectivity index (χ2n) is 5.80.